The van der Waals surface area contributed by atoms with Gasteiger partial charge in [0.2, 0.25) is 11.8 Å². The first-order valence-electron chi connectivity index (χ1n) is 9.24. The van der Waals surface area contributed by atoms with Crippen molar-refractivity contribution in [1.82, 2.24) is 9.91 Å². The summed E-state index contributed by atoms with van der Waals surface area (Å²) < 4.78 is 11.4. The Labute approximate surface area is 162 Å². The van der Waals surface area contributed by atoms with Crippen LogP contribution in [0.15, 0.2) is 29.4 Å². The number of hydrogen-bond donors (Lipinski definition) is 0. The second kappa shape index (κ2) is 7.58. The van der Waals surface area contributed by atoms with Crippen LogP contribution in [-0.2, 0) is 19.1 Å². The van der Waals surface area contributed by atoms with E-state index in [0.717, 1.165) is 11.3 Å². The standard InChI is InChI=1S/C19H22ClN3O4/c20-15-3-1-14(2-4-15)16-5-6-17(24)23(21-16)13-18(25)22-9-7-19(8-10-22)26-11-12-27-19/h1-4H,5-13H2. The molecular weight excluding hydrogens is 370 g/mol. The van der Waals surface area contributed by atoms with Gasteiger partial charge in [0.25, 0.3) is 0 Å². The molecule has 0 atom stereocenters. The van der Waals surface area contributed by atoms with Gasteiger partial charge in [-0.15, -0.1) is 0 Å². The Hall–Kier alpha value is -1.96. The lowest BCUT2D eigenvalue weighted by atomic mass is 10.0. The summed E-state index contributed by atoms with van der Waals surface area (Å²) in [5, 5.41) is 6.37. The van der Waals surface area contributed by atoms with Crippen molar-refractivity contribution in [3.05, 3.63) is 34.9 Å². The average Bonchev–Trinajstić information content (AvgIpc) is 3.13. The van der Waals surface area contributed by atoms with Crippen molar-refractivity contribution in [1.29, 1.82) is 0 Å². The molecule has 144 valence electrons. The molecule has 0 aromatic heterocycles. The van der Waals surface area contributed by atoms with Crippen LogP contribution >= 0.6 is 11.6 Å². The van der Waals surface area contributed by atoms with Crippen LogP contribution in [-0.4, -0.2) is 66.1 Å². The van der Waals surface area contributed by atoms with Gasteiger partial charge < -0.3 is 14.4 Å². The summed E-state index contributed by atoms with van der Waals surface area (Å²) in [5.74, 6) is -0.744. The Balaban J connectivity index is 1.40. The quantitative estimate of drug-likeness (QED) is 0.790. The number of rotatable bonds is 3. The van der Waals surface area contributed by atoms with Crippen LogP contribution in [0.3, 0.4) is 0 Å². The van der Waals surface area contributed by atoms with E-state index in [4.69, 9.17) is 21.1 Å². The minimum atomic E-state index is -0.516. The Kier molecular flexibility index (Phi) is 5.16. The van der Waals surface area contributed by atoms with Crippen molar-refractivity contribution in [2.75, 3.05) is 32.8 Å². The van der Waals surface area contributed by atoms with Crippen LogP contribution < -0.4 is 0 Å². The topological polar surface area (TPSA) is 71.4 Å². The summed E-state index contributed by atoms with van der Waals surface area (Å²) in [6.45, 7) is 2.31. The minimum absolute atomic E-state index is 0.0371. The average molecular weight is 392 g/mol. The van der Waals surface area contributed by atoms with Crippen molar-refractivity contribution in [2.45, 2.75) is 31.5 Å². The summed E-state index contributed by atoms with van der Waals surface area (Å²) in [6.07, 6.45) is 2.23. The highest BCUT2D eigenvalue weighted by Gasteiger charge is 2.41. The largest absolute Gasteiger partial charge is 0.347 e. The number of halogens is 1. The van der Waals surface area contributed by atoms with Crippen molar-refractivity contribution >= 4 is 29.1 Å². The van der Waals surface area contributed by atoms with E-state index in [9.17, 15) is 9.59 Å². The maximum Gasteiger partial charge on any atom is 0.244 e. The third kappa shape index (κ3) is 4.00. The van der Waals surface area contributed by atoms with Gasteiger partial charge in [0, 0.05) is 43.8 Å². The number of carbonyl (C=O) groups is 2. The zero-order chi connectivity index (χ0) is 18.9. The molecule has 0 aliphatic carbocycles. The Morgan fingerprint density at radius 1 is 1.11 bits per heavy atom. The summed E-state index contributed by atoms with van der Waals surface area (Å²) in [6, 6.07) is 7.34. The highest BCUT2D eigenvalue weighted by molar-refractivity contribution is 6.30. The highest BCUT2D eigenvalue weighted by Crippen LogP contribution is 2.31. The lowest BCUT2D eigenvalue weighted by Crippen LogP contribution is -2.50. The van der Waals surface area contributed by atoms with Crippen molar-refractivity contribution in [2.24, 2.45) is 5.10 Å². The molecule has 1 aromatic rings. The lowest BCUT2D eigenvalue weighted by Gasteiger charge is -2.38. The Morgan fingerprint density at radius 3 is 2.44 bits per heavy atom. The van der Waals surface area contributed by atoms with Crippen molar-refractivity contribution < 1.29 is 19.1 Å². The number of nitrogens with zero attached hydrogens (tertiary/aromatic N) is 3. The van der Waals surface area contributed by atoms with E-state index >= 15 is 0 Å². The van der Waals surface area contributed by atoms with E-state index in [-0.39, 0.29) is 18.4 Å². The molecule has 2 saturated heterocycles. The van der Waals surface area contributed by atoms with Crippen LogP contribution in [0, 0.1) is 0 Å². The first-order valence-corrected chi connectivity index (χ1v) is 9.62. The first-order chi connectivity index (χ1) is 13.0. The van der Waals surface area contributed by atoms with Crippen molar-refractivity contribution in [3.8, 4) is 0 Å². The molecule has 27 heavy (non-hydrogen) atoms. The molecule has 0 saturated carbocycles. The van der Waals surface area contributed by atoms with Gasteiger partial charge in [-0.25, -0.2) is 5.01 Å². The molecule has 0 unspecified atom stereocenters. The molecule has 7 nitrogen and oxygen atoms in total. The van der Waals surface area contributed by atoms with Gasteiger partial charge in [-0.3, -0.25) is 9.59 Å². The van der Waals surface area contributed by atoms with Crippen LogP contribution in [0.4, 0.5) is 0 Å². The molecule has 8 heteroatoms. The third-order valence-electron chi connectivity index (χ3n) is 5.26. The maximum absolute atomic E-state index is 12.7. The highest BCUT2D eigenvalue weighted by atomic mass is 35.5. The van der Waals surface area contributed by atoms with E-state index < -0.39 is 5.79 Å². The molecule has 3 heterocycles. The minimum Gasteiger partial charge on any atom is -0.347 e. The lowest BCUT2D eigenvalue weighted by molar-refractivity contribution is -0.187. The van der Waals surface area contributed by atoms with Gasteiger partial charge in [0.15, 0.2) is 5.79 Å². The number of ether oxygens (including phenoxy) is 2. The Morgan fingerprint density at radius 2 is 1.78 bits per heavy atom. The van der Waals surface area contributed by atoms with E-state index in [1.807, 2.05) is 12.1 Å². The van der Waals surface area contributed by atoms with Gasteiger partial charge in [-0.2, -0.15) is 5.10 Å². The summed E-state index contributed by atoms with van der Waals surface area (Å²) in [7, 11) is 0. The fraction of sp³-hybridized carbons (Fsp3) is 0.526. The monoisotopic (exact) mass is 391 g/mol. The smallest absolute Gasteiger partial charge is 0.244 e. The van der Waals surface area contributed by atoms with Crippen molar-refractivity contribution in [3.63, 3.8) is 0 Å². The molecule has 1 aromatic carbocycles. The number of likely N-dealkylation sites (tertiary alicyclic amines) is 1. The molecule has 4 rings (SSSR count). The predicted octanol–water partition coefficient (Wildman–Crippen LogP) is 2.03. The van der Waals surface area contributed by atoms with Gasteiger partial charge in [-0.05, 0) is 17.7 Å². The van der Waals surface area contributed by atoms with Gasteiger partial charge in [-0.1, -0.05) is 23.7 Å². The number of hydrogen-bond acceptors (Lipinski definition) is 5. The molecule has 3 aliphatic heterocycles. The molecule has 2 amide bonds. The van der Waals surface area contributed by atoms with Crippen LogP contribution in [0.25, 0.3) is 0 Å². The molecule has 3 aliphatic rings. The Bertz CT molecular complexity index is 749. The molecule has 0 bridgehead atoms. The second-order valence-corrected chi connectivity index (χ2v) is 7.43. The van der Waals surface area contributed by atoms with Crippen LogP contribution in [0.2, 0.25) is 5.02 Å². The number of carbonyl (C=O) groups excluding carboxylic acids is 2. The second-order valence-electron chi connectivity index (χ2n) is 6.99. The number of hydrazone groups is 1. The predicted molar refractivity (Wildman–Crippen MR) is 99.4 cm³/mol. The molecule has 1 spiro atoms. The fourth-order valence-electron chi connectivity index (χ4n) is 3.68. The van der Waals surface area contributed by atoms with Crippen LogP contribution in [0.5, 0.6) is 0 Å². The molecule has 2 fully saturated rings. The molecule has 0 N–H and O–H groups in total. The number of piperidine rings is 1. The third-order valence-corrected chi connectivity index (χ3v) is 5.51. The first kappa shape index (κ1) is 18.4. The van der Waals surface area contributed by atoms with E-state index in [1.54, 1.807) is 17.0 Å². The number of amides is 2. The van der Waals surface area contributed by atoms with Gasteiger partial charge in [0.05, 0.1) is 18.9 Å². The summed E-state index contributed by atoms with van der Waals surface area (Å²) >= 11 is 5.93. The summed E-state index contributed by atoms with van der Waals surface area (Å²) in [4.78, 5) is 26.7. The fourth-order valence-corrected chi connectivity index (χ4v) is 3.81. The van der Waals surface area contributed by atoms with Gasteiger partial charge in [0.1, 0.15) is 6.54 Å². The van der Waals surface area contributed by atoms with E-state index in [0.29, 0.717) is 57.0 Å². The zero-order valence-electron chi connectivity index (χ0n) is 15.0. The molecule has 0 radical (unpaired) electrons. The van der Waals surface area contributed by atoms with E-state index in [1.165, 1.54) is 5.01 Å². The zero-order valence-corrected chi connectivity index (χ0v) is 15.8. The van der Waals surface area contributed by atoms with E-state index in [2.05, 4.69) is 5.10 Å². The summed E-state index contributed by atoms with van der Waals surface area (Å²) in [5.41, 5.74) is 1.71. The van der Waals surface area contributed by atoms with Gasteiger partial charge >= 0.3 is 0 Å². The maximum atomic E-state index is 12.7. The van der Waals surface area contributed by atoms with Crippen LogP contribution in [0.1, 0.15) is 31.2 Å². The SMILES string of the molecule is O=C(CN1N=C(c2ccc(Cl)cc2)CCC1=O)N1CCC2(CC1)OCCO2. The number of benzene rings is 1. The normalized spacial score (nSPS) is 22.3. The molecular formula is C19H22ClN3O4.